The molecule has 0 bridgehead atoms. The summed E-state index contributed by atoms with van der Waals surface area (Å²) in [5.74, 6) is 0.445. The maximum atomic E-state index is 13.9. The number of rotatable bonds is 9. The summed E-state index contributed by atoms with van der Waals surface area (Å²) < 4.78 is 1.71. The van der Waals surface area contributed by atoms with Gasteiger partial charge in [-0.1, -0.05) is 12.6 Å². The summed E-state index contributed by atoms with van der Waals surface area (Å²) in [6, 6.07) is 9.82. The predicted molar refractivity (Wildman–Crippen MR) is 178 cm³/mol. The number of aromatic nitrogens is 3. The Bertz CT molecular complexity index is 1540. The molecule has 1 aliphatic carbocycles. The summed E-state index contributed by atoms with van der Waals surface area (Å²) >= 11 is 0. The zero-order chi connectivity index (χ0) is 31.9. The number of hydrogen-bond acceptors (Lipinski definition) is 7. The highest BCUT2D eigenvalue weighted by Gasteiger charge is 2.31. The minimum Gasteiger partial charge on any atom is -0.367 e. The van der Waals surface area contributed by atoms with Gasteiger partial charge in [0.15, 0.2) is 0 Å². The van der Waals surface area contributed by atoms with E-state index < -0.39 is 0 Å². The maximum Gasteiger partial charge on any atom is 0.322 e. The fourth-order valence-electron chi connectivity index (χ4n) is 6.05. The molecule has 1 saturated heterocycles. The van der Waals surface area contributed by atoms with Crippen LogP contribution in [-0.4, -0.2) is 76.4 Å². The summed E-state index contributed by atoms with van der Waals surface area (Å²) in [6.45, 7) is 15.9. The van der Waals surface area contributed by atoms with E-state index in [2.05, 4.69) is 61.2 Å². The number of piperazine rings is 1. The third-order valence-electron chi connectivity index (χ3n) is 8.71. The van der Waals surface area contributed by atoms with Crippen LogP contribution in [-0.2, 0) is 18.4 Å². The number of benzene rings is 1. The van der Waals surface area contributed by atoms with Crippen LogP contribution in [0.15, 0.2) is 61.6 Å². The first-order valence-corrected chi connectivity index (χ1v) is 15.4. The van der Waals surface area contributed by atoms with Gasteiger partial charge in [0.1, 0.15) is 5.82 Å². The number of carbonyl (C=O) groups excluding carboxylic acids is 2. The van der Waals surface area contributed by atoms with Gasteiger partial charge in [-0.05, 0) is 70.0 Å². The molecule has 12 nitrogen and oxygen atoms in total. The van der Waals surface area contributed by atoms with Crippen LogP contribution in [0, 0.1) is 6.57 Å². The van der Waals surface area contributed by atoms with E-state index in [-0.39, 0.29) is 24.0 Å². The summed E-state index contributed by atoms with van der Waals surface area (Å²) in [7, 11) is 3.97. The molecule has 3 N–H and O–H groups in total. The first kappa shape index (κ1) is 31.5. The van der Waals surface area contributed by atoms with E-state index in [0.717, 1.165) is 68.1 Å². The van der Waals surface area contributed by atoms with Gasteiger partial charge in [0.2, 0.25) is 11.6 Å². The van der Waals surface area contributed by atoms with Gasteiger partial charge in [-0.2, -0.15) is 5.10 Å². The quantitative estimate of drug-likeness (QED) is 0.236. The van der Waals surface area contributed by atoms with Crippen molar-refractivity contribution in [1.82, 2.24) is 25.0 Å². The number of anilines is 4. The molecule has 3 amide bonds. The lowest BCUT2D eigenvalue weighted by Crippen LogP contribution is -2.50. The van der Waals surface area contributed by atoms with E-state index in [1.54, 1.807) is 23.1 Å². The van der Waals surface area contributed by atoms with Crippen LogP contribution in [0.3, 0.4) is 0 Å². The number of nitrogens with zero attached hydrogens (tertiary/aromatic N) is 7. The SMILES string of the molecule is [C-]#[N+]c1ccc(NC2CCC(N(C(=O)NCc3cnn(C)c3)c3ccc(N4CCN(C)[C@@H](C)C4)c(NC(=O)C=C)c3)CC2)nc1. The van der Waals surface area contributed by atoms with E-state index in [1.807, 2.05) is 42.4 Å². The standard InChI is InChI=1S/C33H42N10O2/c1-6-32(44)39-29-17-28(12-13-30(29)42-16-15-40(4)23(2)21-42)43(33(45)36-18-24-19-37-41(5)22-24)27-10-7-25(8-11-27)38-31-14-9-26(34-3)20-35-31/h6,9,12-14,17,19-20,22-23,25,27H,1,7-8,10-11,15-16,18,21H2,2,4-5H3,(H,35,38)(H,36,45)(H,39,44)/t23-,25?,27?/m0/s1. The predicted octanol–water partition coefficient (Wildman–Crippen LogP) is 4.77. The number of hydrogen-bond donors (Lipinski definition) is 3. The molecule has 1 aliphatic heterocycles. The van der Waals surface area contributed by atoms with Gasteiger partial charge in [-0.15, -0.1) is 0 Å². The Balaban J connectivity index is 1.39. The number of pyridine rings is 1. The molecule has 2 fully saturated rings. The highest BCUT2D eigenvalue weighted by molar-refractivity contribution is 6.02. The van der Waals surface area contributed by atoms with Crippen LogP contribution < -0.4 is 25.8 Å². The molecule has 0 spiro atoms. The Morgan fingerprint density at radius 2 is 1.93 bits per heavy atom. The largest absolute Gasteiger partial charge is 0.367 e. The van der Waals surface area contributed by atoms with Crippen molar-refractivity contribution in [3.63, 3.8) is 0 Å². The minimum atomic E-state index is -0.298. The molecule has 236 valence electrons. The molecule has 1 saturated carbocycles. The molecular formula is C33H42N10O2. The van der Waals surface area contributed by atoms with Crippen molar-refractivity contribution in [2.75, 3.05) is 47.1 Å². The fourth-order valence-corrected chi connectivity index (χ4v) is 6.05. The molecule has 3 heterocycles. The second kappa shape index (κ2) is 14.3. The van der Waals surface area contributed by atoms with Crippen LogP contribution >= 0.6 is 0 Å². The average molecular weight is 611 g/mol. The second-order valence-electron chi connectivity index (χ2n) is 11.9. The Morgan fingerprint density at radius 1 is 1.13 bits per heavy atom. The van der Waals surface area contributed by atoms with Gasteiger partial charge in [0.05, 0.1) is 24.1 Å². The third kappa shape index (κ3) is 7.80. The van der Waals surface area contributed by atoms with Crippen LogP contribution in [0.25, 0.3) is 4.85 Å². The van der Waals surface area contributed by atoms with E-state index in [0.29, 0.717) is 24.0 Å². The normalized spacial score (nSPS) is 20.1. The van der Waals surface area contributed by atoms with Crippen molar-refractivity contribution in [3.8, 4) is 0 Å². The smallest absolute Gasteiger partial charge is 0.322 e. The van der Waals surface area contributed by atoms with E-state index >= 15 is 0 Å². The van der Waals surface area contributed by atoms with Gasteiger partial charge in [0, 0.05) is 75.0 Å². The van der Waals surface area contributed by atoms with Gasteiger partial charge in [0.25, 0.3) is 0 Å². The lowest BCUT2D eigenvalue weighted by atomic mass is 9.89. The van der Waals surface area contributed by atoms with E-state index in [4.69, 9.17) is 6.57 Å². The lowest BCUT2D eigenvalue weighted by Gasteiger charge is -2.40. The van der Waals surface area contributed by atoms with Crippen molar-refractivity contribution in [2.24, 2.45) is 7.05 Å². The first-order valence-electron chi connectivity index (χ1n) is 15.4. The highest BCUT2D eigenvalue weighted by Crippen LogP contribution is 2.36. The summed E-state index contributed by atoms with van der Waals surface area (Å²) in [4.78, 5) is 40.7. The Kier molecular flexibility index (Phi) is 9.99. The Morgan fingerprint density at radius 3 is 2.58 bits per heavy atom. The number of nitrogens with one attached hydrogen (secondary N) is 3. The van der Waals surface area contributed by atoms with E-state index in [9.17, 15) is 9.59 Å². The van der Waals surface area contributed by atoms with Gasteiger partial charge < -0.3 is 25.8 Å². The first-order chi connectivity index (χ1) is 21.7. The number of aryl methyl sites for hydroxylation is 1. The molecule has 2 aliphatic rings. The number of urea groups is 1. The topological polar surface area (TPSA) is 115 Å². The zero-order valence-electron chi connectivity index (χ0n) is 26.2. The Hall–Kier alpha value is -4.89. The molecule has 1 aromatic carbocycles. The molecule has 12 heteroatoms. The van der Waals surface area contributed by atoms with Crippen molar-refractivity contribution < 1.29 is 9.59 Å². The molecule has 0 unspecified atom stereocenters. The number of amides is 3. The molecule has 5 rings (SSSR count). The second-order valence-corrected chi connectivity index (χ2v) is 11.9. The molecule has 0 radical (unpaired) electrons. The van der Waals surface area contributed by atoms with Crippen LogP contribution in [0.1, 0.15) is 38.2 Å². The number of likely N-dealkylation sites (N-methyl/N-ethyl adjacent to an activating group) is 1. The third-order valence-corrected chi connectivity index (χ3v) is 8.71. The van der Waals surface area contributed by atoms with Crippen molar-refractivity contribution in [3.05, 3.63) is 78.6 Å². The highest BCUT2D eigenvalue weighted by atomic mass is 16.2. The van der Waals surface area contributed by atoms with Crippen molar-refractivity contribution >= 4 is 40.5 Å². The molecule has 2 aromatic heterocycles. The van der Waals surface area contributed by atoms with Crippen molar-refractivity contribution in [1.29, 1.82) is 0 Å². The van der Waals surface area contributed by atoms with Crippen LogP contribution in [0.2, 0.25) is 0 Å². The molecule has 1 atom stereocenters. The lowest BCUT2D eigenvalue weighted by molar-refractivity contribution is -0.111. The van der Waals surface area contributed by atoms with Gasteiger partial charge >= 0.3 is 6.03 Å². The molecule has 45 heavy (non-hydrogen) atoms. The summed E-state index contributed by atoms with van der Waals surface area (Å²) in [5, 5.41) is 13.8. The zero-order valence-corrected chi connectivity index (χ0v) is 26.2. The van der Waals surface area contributed by atoms with Crippen molar-refractivity contribution in [2.45, 2.75) is 57.3 Å². The maximum absolute atomic E-state index is 13.9. The Labute approximate surface area is 264 Å². The van der Waals surface area contributed by atoms with Gasteiger partial charge in [-0.3, -0.25) is 19.4 Å². The van der Waals surface area contributed by atoms with Crippen LogP contribution in [0.5, 0.6) is 0 Å². The van der Waals surface area contributed by atoms with E-state index in [1.165, 1.54) is 6.08 Å². The minimum absolute atomic E-state index is 0.0492. The van der Waals surface area contributed by atoms with Crippen LogP contribution in [0.4, 0.5) is 33.4 Å². The number of carbonyl (C=O) groups is 2. The summed E-state index contributed by atoms with van der Waals surface area (Å²) in [5.41, 5.74) is 3.72. The average Bonchev–Trinajstić information content (AvgIpc) is 3.47. The fraction of sp³-hybridized carbons (Fsp3) is 0.424. The molecule has 3 aromatic rings. The monoisotopic (exact) mass is 610 g/mol. The van der Waals surface area contributed by atoms with Gasteiger partial charge in [-0.25, -0.2) is 9.64 Å². The molecular weight excluding hydrogens is 568 g/mol. The summed E-state index contributed by atoms with van der Waals surface area (Å²) in [6.07, 6.45) is 9.73.